The lowest BCUT2D eigenvalue weighted by atomic mass is 10.1. The van der Waals surface area contributed by atoms with E-state index in [1.165, 1.54) is 11.3 Å². The molecule has 4 rings (SSSR count). The number of aromatic nitrogens is 1. The van der Waals surface area contributed by atoms with E-state index in [9.17, 15) is 5.26 Å². The van der Waals surface area contributed by atoms with Crippen LogP contribution in [0.15, 0.2) is 41.8 Å². The number of rotatable bonds is 3. The number of benzene rings is 2. The smallest absolute Gasteiger partial charge is 0.231 e. The minimum atomic E-state index is 0.226. The van der Waals surface area contributed by atoms with Crippen molar-refractivity contribution in [3.05, 3.63) is 62.4 Å². The Balaban J connectivity index is 1.68. The predicted octanol–water partition coefficient (Wildman–Crippen LogP) is 5.91. The number of thiazole rings is 1. The number of halogens is 2. The molecule has 0 amide bonds. The summed E-state index contributed by atoms with van der Waals surface area (Å²) in [5.41, 5.74) is 2.82. The molecule has 0 N–H and O–H groups in total. The lowest BCUT2D eigenvalue weighted by Gasteiger charge is -2.01. The first-order valence-corrected chi connectivity index (χ1v) is 9.20. The molecule has 4 nitrogen and oxygen atoms in total. The first-order chi connectivity index (χ1) is 12.6. The maximum absolute atomic E-state index is 9.54. The Labute approximate surface area is 163 Å². The molecular formula is C19H10Cl2N2O2S. The molecule has 1 aliphatic rings. The summed E-state index contributed by atoms with van der Waals surface area (Å²) in [6, 6.07) is 13.0. The van der Waals surface area contributed by atoms with Crippen molar-refractivity contribution < 1.29 is 9.47 Å². The molecule has 0 saturated heterocycles. The highest BCUT2D eigenvalue weighted by molar-refractivity contribution is 7.11. The van der Waals surface area contributed by atoms with Crippen molar-refractivity contribution >= 4 is 46.2 Å². The molecule has 0 saturated carbocycles. The zero-order chi connectivity index (χ0) is 18.1. The summed E-state index contributed by atoms with van der Waals surface area (Å²) in [6.07, 6.45) is 1.71. The fourth-order valence-electron chi connectivity index (χ4n) is 2.50. The maximum atomic E-state index is 9.54. The molecule has 0 spiro atoms. The second-order valence-electron chi connectivity index (χ2n) is 5.44. The number of allylic oxidation sites excluding steroid dienone is 1. The van der Waals surface area contributed by atoms with Crippen LogP contribution in [-0.4, -0.2) is 11.8 Å². The molecule has 2 heterocycles. The molecule has 128 valence electrons. The van der Waals surface area contributed by atoms with Gasteiger partial charge in [-0.05, 0) is 42.0 Å². The summed E-state index contributed by atoms with van der Waals surface area (Å²) in [5, 5.41) is 13.1. The highest BCUT2D eigenvalue weighted by Gasteiger charge is 2.16. The van der Waals surface area contributed by atoms with Crippen LogP contribution in [0.5, 0.6) is 11.5 Å². The van der Waals surface area contributed by atoms with Gasteiger partial charge in [-0.15, -0.1) is 11.3 Å². The predicted molar refractivity (Wildman–Crippen MR) is 104 cm³/mol. The Morgan fingerprint density at radius 1 is 1.15 bits per heavy atom. The van der Waals surface area contributed by atoms with Crippen molar-refractivity contribution in [2.75, 3.05) is 6.79 Å². The largest absolute Gasteiger partial charge is 0.454 e. The van der Waals surface area contributed by atoms with E-state index in [2.05, 4.69) is 11.1 Å². The van der Waals surface area contributed by atoms with Gasteiger partial charge in [0.05, 0.1) is 11.3 Å². The molecule has 3 aromatic rings. The summed E-state index contributed by atoms with van der Waals surface area (Å²) < 4.78 is 10.7. The van der Waals surface area contributed by atoms with Gasteiger partial charge in [-0.3, -0.25) is 0 Å². The van der Waals surface area contributed by atoms with Crippen molar-refractivity contribution in [3.63, 3.8) is 0 Å². The van der Waals surface area contributed by atoms with Crippen LogP contribution in [0.3, 0.4) is 0 Å². The average Bonchev–Trinajstić information content (AvgIpc) is 3.30. The molecule has 0 fully saturated rings. The molecule has 1 aromatic heterocycles. The zero-order valence-corrected chi connectivity index (χ0v) is 15.5. The van der Waals surface area contributed by atoms with Crippen LogP contribution in [0, 0.1) is 11.3 Å². The van der Waals surface area contributed by atoms with E-state index in [1.807, 2.05) is 23.6 Å². The molecule has 0 aliphatic carbocycles. The molecular weight excluding hydrogens is 391 g/mol. The fourth-order valence-corrected chi connectivity index (χ4v) is 3.76. The average molecular weight is 401 g/mol. The van der Waals surface area contributed by atoms with Gasteiger partial charge in [0.2, 0.25) is 6.79 Å². The third kappa shape index (κ3) is 3.27. The van der Waals surface area contributed by atoms with E-state index in [-0.39, 0.29) is 6.79 Å². The van der Waals surface area contributed by atoms with E-state index in [4.69, 9.17) is 32.7 Å². The molecule has 1 aliphatic heterocycles. The van der Waals surface area contributed by atoms with Gasteiger partial charge in [0.15, 0.2) is 11.5 Å². The van der Waals surface area contributed by atoms with Gasteiger partial charge in [0, 0.05) is 21.0 Å². The van der Waals surface area contributed by atoms with E-state index in [1.54, 1.807) is 24.3 Å². The third-order valence-corrected chi connectivity index (χ3v) is 5.22. The summed E-state index contributed by atoms with van der Waals surface area (Å²) in [5.74, 6) is 1.42. The molecule has 26 heavy (non-hydrogen) atoms. The quantitative estimate of drug-likeness (QED) is 0.512. The van der Waals surface area contributed by atoms with E-state index in [0.29, 0.717) is 31.9 Å². The van der Waals surface area contributed by atoms with Crippen molar-refractivity contribution in [1.29, 1.82) is 5.26 Å². The highest BCUT2D eigenvalue weighted by Crippen LogP contribution is 2.37. The fraction of sp³-hybridized carbons (Fsp3) is 0.0526. The van der Waals surface area contributed by atoms with Crippen molar-refractivity contribution in [1.82, 2.24) is 4.98 Å². The Bertz CT molecular complexity index is 1070. The maximum Gasteiger partial charge on any atom is 0.231 e. The van der Waals surface area contributed by atoms with E-state index >= 15 is 0 Å². The molecule has 7 heteroatoms. The number of hydrogen-bond donors (Lipinski definition) is 0. The number of fused-ring (bicyclic) bond motifs is 1. The van der Waals surface area contributed by atoms with Crippen molar-refractivity contribution in [2.45, 2.75) is 0 Å². The van der Waals surface area contributed by atoms with Crippen molar-refractivity contribution in [2.24, 2.45) is 0 Å². The van der Waals surface area contributed by atoms with Crippen molar-refractivity contribution in [3.8, 4) is 28.8 Å². The number of ether oxygens (including phenoxy) is 2. The SMILES string of the molecule is N#C/C(=C/c1ccc(Cl)cc1Cl)c1nc(-c2ccc3c(c2)OCO3)cs1. The first kappa shape index (κ1) is 16.9. The molecule has 2 aromatic carbocycles. The van der Waals surface area contributed by atoms with Gasteiger partial charge in [-0.1, -0.05) is 29.3 Å². The number of nitrogens with zero attached hydrogens (tertiary/aromatic N) is 2. The van der Waals surface area contributed by atoms with Crippen LogP contribution in [0.1, 0.15) is 10.6 Å². The summed E-state index contributed by atoms with van der Waals surface area (Å²) in [7, 11) is 0. The standard InChI is InChI=1S/C19H10Cl2N2O2S/c20-14-3-1-11(15(21)7-14)5-13(8-22)19-23-16(9-26-19)12-2-4-17-18(6-12)25-10-24-17/h1-7,9H,10H2/b13-5-. The summed E-state index contributed by atoms with van der Waals surface area (Å²) >= 11 is 13.5. The van der Waals surface area contributed by atoms with Crippen LogP contribution in [0.4, 0.5) is 0 Å². The highest BCUT2D eigenvalue weighted by atomic mass is 35.5. The van der Waals surface area contributed by atoms with Gasteiger partial charge in [-0.2, -0.15) is 5.26 Å². The Kier molecular flexibility index (Phi) is 4.56. The molecule has 0 radical (unpaired) electrons. The van der Waals surface area contributed by atoms with Gasteiger partial charge < -0.3 is 9.47 Å². The normalized spacial score (nSPS) is 12.9. The number of hydrogen-bond acceptors (Lipinski definition) is 5. The minimum Gasteiger partial charge on any atom is -0.454 e. The lowest BCUT2D eigenvalue weighted by molar-refractivity contribution is 0.174. The Morgan fingerprint density at radius 2 is 2.00 bits per heavy atom. The molecule has 0 bridgehead atoms. The van der Waals surface area contributed by atoms with Crippen LogP contribution in [0.25, 0.3) is 22.9 Å². The van der Waals surface area contributed by atoms with E-state index in [0.717, 1.165) is 17.0 Å². The molecule has 0 unspecified atom stereocenters. The van der Waals surface area contributed by atoms with Crippen LogP contribution in [0.2, 0.25) is 10.0 Å². The van der Waals surface area contributed by atoms with Gasteiger partial charge >= 0.3 is 0 Å². The Hall–Kier alpha value is -2.52. The molecule has 0 atom stereocenters. The van der Waals surface area contributed by atoms with Crippen LogP contribution in [-0.2, 0) is 0 Å². The third-order valence-electron chi connectivity index (χ3n) is 3.79. The van der Waals surface area contributed by atoms with Gasteiger partial charge in [-0.25, -0.2) is 4.98 Å². The van der Waals surface area contributed by atoms with Crippen LogP contribution >= 0.6 is 34.5 Å². The number of nitriles is 1. The second kappa shape index (κ2) is 7.00. The van der Waals surface area contributed by atoms with Gasteiger partial charge in [0.1, 0.15) is 11.1 Å². The summed E-state index contributed by atoms with van der Waals surface area (Å²) in [4.78, 5) is 4.58. The second-order valence-corrected chi connectivity index (χ2v) is 7.14. The first-order valence-electron chi connectivity index (χ1n) is 7.57. The monoisotopic (exact) mass is 400 g/mol. The minimum absolute atomic E-state index is 0.226. The van der Waals surface area contributed by atoms with E-state index < -0.39 is 0 Å². The summed E-state index contributed by atoms with van der Waals surface area (Å²) in [6.45, 7) is 0.226. The Morgan fingerprint density at radius 3 is 2.81 bits per heavy atom. The van der Waals surface area contributed by atoms with Crippen LogP contribution < -0.4 is 9.47 Å². The van der Waals surface area contributed by atoms with Gasteiger partial charge in [0.25, 0.3) is 0 Å². The lowest BCUT2D eigenvalue weighted by Crippen LogP contribution is -1.92. The zero-order valence-electron chi connectivity index (χ0n) is 13.2. The topological polar surface area (TPSA) is 55.1 Å².